The molecule has 0 heterocycles. The van der Waals surface area contributed by atoms with Gasteiger partial charge in [0.1, 0.15) is 5.60 Å². The zero-order valence-electron chi connectivity index (χ0n) is 14.0. The zero-order valence-corrected chi connectivity index (χ0v) is 14.0. The summed E-state index contributed by atoms with van der Waals surface area (Å²) in [6.07, 6.45) is 0. The minimum atomic E-state index is -1.22. The molecule has 0 unspecified atom stereocenters. The van der Waals surface area contributed by atoms with E-state index < -0.39 is 5.60 Å². The number of ether oxygens (including phenoxy) is 4. The lowest BCUT2D eigenvalue weighted by molar-refractivity contribution is 0.101. The van der Waals surface area contributed by atoms with E-state index in [0.717, 1.165) is 0 Å². The topological polar surface area (TPSA) is 57.2 Å². The molecule has 0 radical (unpaired) electrons. The van der Waals surface area contributed by atoms with Gasteiger partial charge in [0.25, 0.3) is 0 Å². The Morgan fingerprint density at radius 3 is 1.30 bits per heavy atom. The van der Waals surface area contributed by atoms with Gasteiger partial charge in [-0.2, -0.15) is 0 Å². The van der Waals surface area contributed by atoms with Crippen LogP contribution in [0, 0.1) is 0 Å². The van der Waals surface area contributed by atoms with Crippen molar-refractivity contribution < 1.29 is 24.1 Å². The summed E-state index contributed by atoms with van der Waals surface area (Å²) < 4.78 is 21.1. The first kappa shape index (κ1) is 17.0. The maximum absolute atomic E-state index is 11.0. The van der Waals surface area contributed by atoms with E-state index in [9.17, 15) is 5.11 Å². The van der Waals surface area contributed by atoms with Gasteiger partial charge in [0.2, 0.25) is 0 Å². The lowest BCUT2D eigenvalue weighted by atomic mass is 9.88. The second-order valence-electron chi connectivity index (χ2n) is 5.21. The molecule has 0 atom stereocenters. The summed E-state index contributed by atoms with van der Waals surface area (Å²) in [4.78, 5) is 0. The molecule has 1 N–H and O–H groups in total. The molecule has 0 fully saturated rings. The van der Waals surface area contributed by atoms with Crippen molar-refractivity contribution in [3.63, 3.8) is 0 Å². The van der Waals surface area contributed by atoms with Crippen LogP contribution >= 0.6 is 0 Å². The van der Waals surface area contributed by atoms with Gasteiger partial charge in [-0.1, -0.05) is 12.1 Å². The Bertz CT molecular complexity index is 622. The van der Waals surface area contributed by atoms with Crippen molar-refractivity contribution in [2.45, 2.75) is 12.5 Å². The first-order valence-electron chi connectivity index (χ1n) is 7.15. The van der Waals surface area contributed by atoms with Gasteiger partial charge in [-0.15, -0.1) is 0 Å². The Labute approximate surface area is 136 Å². The van der Waals surface area contributed by atoms with Crippen LogP contribution in [0.3, 0.4) is 0 Å². The van der Waals surface area contributed by atoms with Crippen LogP contribution in [0.1, 0.15) is 18.1 Å². The van der Waals surface area contributed by atoms with Crippen molar-refractivity contribution in [3.8, 4) is 23.0 Å². The molecule has 2 aromatic carbocycles. The Morgan fingerprint density at radius 2 is 1.00 bits per heavy atom. The Morgan fingerprint density at radius 1 is 0.652 bits per heavy atom. The van der Waals surface area contributed by atoms with Gasteiger partial charge in [-0.05, 0) is 42.3 Å². The zero-order chi connectivity index (χ0) is 17.0. The molecule has 0 aliphatic carbocycles. The van der Waals surface area contributed by atoms with Crippen molar-refractivity contribution in [2.75, 3.05) is 28.4 Å². The van der Waals surface area contributed by atoms with E-state index in [-0.39, 0.29) is 0 Å². The average Bonchev–Trinajstić information content (AvgIpc) is 2.60. The Balaban J connectivity index is 2.49. The second kappa shape index (κ2) is 6.79. The van der Waals surface area contributed by atoms with E-state index in [0.29, 0.717) is 34.1 Å². The summed E-state index contributed by atoms with van der Waals surface area (Å²) in [6.45, 7) is 1.72. The molecule has 0 saturated carbocycles. The molecule has 5 nitrogen and oxygen atoms in total. The van der Waals surface area contributed by atoms with Crippen LogP contribution in [-0.4, -0.2) is 33.5 Å². The van der Waals surface area contributed by atoms with Crippen molar-refractivity contribution >= 4 is 0 Å². The average molecular weight is 318 g/mol. The van der Waals surface area contributed by atoms with Gasteiger partial charge in [-0.3, -0.25) is 0 Å². The Kier molecular flexibility index (Phi) is 5.01. The fraction of sp³-hybridized carbons (Fsp3) is 0.333. The van der Waals surface area contributed by atoms with E-state index in [1.165, 1.54) is 0 Å². The summed E-state index contributed by atoms with van der Waals surface area (Å²) in [5.41, 5.74) is 0.142. The summed E-state index contributed by atoms with van der Waals surface area (Å²) in [5.74, 6) is 2.34. The third kappa shape index (κ3) is 3.19. The fourth-order valence-electron chi connectivity index (χ4n) is 2.44. The number of hydrogen-bond acceptors (Lipinski definition) is 5. The predicted molar refractivity (Wildman–Crippen MR) is 87.8 cm³/mol. The first-order valence-corrected chi connectivity index (χ1v) is 7.15. The quantitative estimate of drug-likeness (QED) is 0.887. The van der Waals surface area contributed by atoms with Crippen LogP contribution in [0.5, 0.6) is 23.0 Å². The summed E-state index contributed by atoms with van der Waals surface area (Å²) >= 11 is 0. The van der Waals surface area contributed by atoms with Crippen LogP contribution in [-0.2, 0) is 5.60 Å². The fourth-order valence-corrected chi connectivity index (χ4v) is 2.44. The van der Waals surface area contributed by atoms with Crippen LogP contribution in [0.4, 0.5) is 0 Å². The number of hydrogen-bond donors (Lipinski definition) is 1. The first-order chi connectivity index (χ1) is 11.0. The van der Waals surface area contributed by atoms with E-state index in [1.807, 2.05) is 0 Å². The van der Waals surface area contributed by atoms with Crippen molar-refractivity contribution in [3.05, 3.63) is 47.5 Å². The number of aliphatic hydroxyl groups is 1. The second-order valence-corrected chi connectivity index (χ2v) is 5.21. The van der Waals surface area contributed by atoms with E-state index in [2.05, 4.69) is 0 Å². The van der Waals surface area contributed by atoms with Crippen LogP contribution in [0.25, 0.3) is 0 Å². The molecular formula is C18H22O5. The van der Waals surface area contributed by atoms with Gasteiger partial charge in [0.05, 0.1) is 28.4 Å². The third-order valence-electron chi connectivity index (χ3n) is 3.89. The van der Waals surface area contributed by atoms with Crippen molar-refractivity contribution in [1.29, 1.82) is 0 Å². The maximum atomic E-state index is 11.0. The van der Waals surface area contributed by atoms with Gasteiger partial charge < -0.3 is 24.1 Å². The third-order valence-corrected chi connectivity index (χ3v) is 3.89. The van der Waals surface area contributed by atoms with E-state index >= 15 is 0 Å². The highest BCUT2D eigenvalue weighted by atomic mass is 16.5. The normalized spacial score (nSPS) is 11.0. The molecule has 0 saturated heterocycles. The molecule has 124 valence electrons. The molecule has 0 aliphatic heterocycles. The molecule has 0 aromatic heterocycles. The highest BCUT2D eigenvalue weighted by Gasteiger charge is 2.28. The van der Waals surface area contributed by atoms with Gasteiger partial charge in [0.15, 0.2) is 23.0 Å². The minimum absolute atomic E-state index is 0.561. The van der Waals surface area contributed by atoms with Gasteiger partial charge in [-0.25, -0.2) is 0 Å². The monoisotopic (exact) mass is 318 g/mol. The van der Waals surface area contributed by atoms with Gasteiger partial charge in [0, 0.05) is 0 Å². The molecule has 0 aliphatic rings. The number of benzene rings is 2. The summed E-state index contributed by atoms with van der Waals surface area (Å²) in [5, 5.41) is 11.0. The molecular weight excluding hydrogens is 296 g/mol. The molecule has 0 bridgehead atoms. The van der Waals surface area contributed by atoms with Crippen LogP contribution < -0.4 is 18.9 Å². The van der Waals surface area contributed by atoms with E-state index in [4.69, 9.17) is 18.9 Å². The largest absolute Gasteiger partial charge is 0.493 e. The number of rotatable bonds is 6. The maximum Gasteiger partial charge on any atom is 0.161 e. The predicted octanol–water partition coefficient (Wildman–Crippen LogP) is 2.98. The molecule has 5 heteroatoms. The highest BCUT2D eigenvalue weighted by molar-refractivity contribution is 5.50. The summed E-state index contributed by atoms with van der Waals surface area (Å²) in [6, 6.07) is 10.7. The molecule has 2 rings (SSSR count). The standard InChI is InChI=1S/C18H22O5/c1-18(19,12-6-8-14(20-2)16(10-12)22-4)13-7-9-15(21-3)17(11-13)23-5/h6-11,19H,1-5H3. The molecule has 0 amide bonds. The van der Waals surface area contributed by atoms with E-state index in [1.54, 1.807) is 71.8 Å². The van der Waals surface area contributed by atoms with Crippen molar-refractivity contribution in [1.82, 2.24) is 0 Å². The number of methoxy groups -OCH3 is 4. The molecule has 0 spiro atoms. The Hall–Kier alpha value is -2.40. The lowest BCUT2D eigenvalue weighted by Crippen LogP contribution is -2.23. The molecule has 2 aromatic rings. The summed E-state index contributed by atoms with van der Waals surface area (Å²) in [7, 11) is 6.27. The SMILES string of the molecule is COc1ccc(C(C)(O)c2ccc(OC)c(OC)c2)cc1OC. The smallest absolute Gasteiger partial charge is 0.161 e. The van der Waals surface area contributed by atoms with Gasteiger partial charge >= 0.3 is 0 Å². The molecule has 23 heavy (non-hydrogen) atoms. The van der Waals surface area contributed by atoms with Crippen molar-refractivity contribution in [2.24, 2.45) is 0 Å². The van der Waals surface area contributed by atoms with Crippen LogP contribution in [0.15, 0.2) is 36.4 Å². The highest BCUT2D eigenvalue weighted by Crippen LogP contribution is 2.38. The van der Waals surface area contributed by atoms with Crippen LogP contribution in [0.2, 0.25) is 0 Å². The minimum Gasteiger partial charge on any atom is -0.493 e. The lowest BCUT2D eigenvalue weighted by Gasteiger charge is -2.26.